The molecule has 1 fully saturated rings. The second-order valence-corrected chi connectivity index (χ2v) is 10.8. The van der Waals surface area contributed by atoms with E-state index in [0.29, 0.717) is 6.42 Å². The molecule has 0 unspecified atom stereocenters. The van der Waals surface area contributed by atoms with Crippen molar-refractivity contribution < 1.29 is 20.1 Å². The Bertz CT molecular complexity index is 1110. The van der Waals surface area contributed by atoms with Gasteiger partial charge in [-0.15, -0.1) is 24.8 Å². The zero-order valence-corrected chi connectivity index (χ0v) is 24.3. The first-order valence-corrected chi connectivity index (χ1v) is 13.3. The lowest BCUT2D eigenvalue weighted by atomic mass is 9.72. The van der Waals surface area contributed by atoms with E-state index in [9.17, 15) is 20.1 Å². The number of piperidine rings is 1. The molecule has 0 spiro atoms. The van der Waals surface area contributed by atoms with Gasteiger partial charge in [0.1, 0.15) is 5.60 Å². The van der Waals surface area contributed by atoms with Crippen molar-refractivity contribution in [1.82, 2.24) is 4.90 Å². The monoisotopic (exact) mass is 573 g/mol. The van der Waals surface area contributed by atoms with Crippen LogP contribution in [-0.2, 0) is 15.8 Å². The van der Waals surface area contributed by atoms with Crippen molar-refractivity contribution in [2.75, 3.05) is 19.6 Å². The highest BCUT2D eigenvalue weighted by molar-refractivity contribution is 5.85. The lowest BCUT2D eigenvalue weighted by Crippen LogP contribution is -2.44. The van der Waals surface area contributed by atoms with Gasteiger partial charge >= 0.3 is 5.97 Å². The van der Waals surface area contributed by atoms with E-state index in [0.717, 1.165) is 61.2 Å². The van der Waals surface area contributed by atoms with E-state index >= 15 is 0 Å². The normalized spacial score (nSPS) is 15.6. The Morgan fingerprint density at radius 3 is 1.79 bits per heavy atom. The van der Waals surface area contributed by atoms with Crippen molar-refractivity contribution in [3.63, 3.8) is 0 Å². The smallest absolute Gasteiger partial charge is 0.313 e. The van der Waals surface area contributed by atoms with E-state index in [4.69, 9.17) is 0 Å². The topological polar surface area (TPSA) is 81.0 Å². The van der Waals surface area contributed by atoms with Gasteiger partial charge in [-0.25, -0.2) is 0 Å². The van der Waals surface area contributed by atoms with Gasteiger partial charge in [-0.05, 0) is 87.3 Å². The van der Waals surface area contributed by atoms with Crippen LogP contribution >= 0.6 is 24.8 Å². The maximum Gasteiger partial charge on any atom is 0.313 e. The Balaban J connectivity index is 0.00000267. The summed E-state index contributed by atoms with van der Waals surface area (Å²) in [4.78, 5) is 13.9. The molecule has 0 saturated carbocycles. The number of carboxylic acid groups (broad SMARTS) is 1. The van der Waals surface area contributed by atoms with E-state index in [-0.39, 0.29) is 30.7 Å². The van der Waals surface area contributed by atoms with Crippen LogP contribution in [-0.4, -0.2) is 45.8 Å². The van der Waals surface area contributed by atoms with Crippen LogP contribution in [0.4, 0.5) is 0 Å². The summed E-state index contributed by atoms with van der Waals surface area (Å²) in [5.41, 5.74) is 1.47. The third-order valence-electron chi connectivity index (χ3n) is 8.11. The van der Waals surface area contributed by atoms with Gasteiger partial charge in [0, 0.05) is 0 Å². The Hall–Kier alpha value is -2.41. The molecule has 0 aromatic heterocycles. The minimum absolute atomic E-state index is 0. The fourth-order valence-corrected chi connectivity index (χ4v) is 5.52. The second kappa shape index (κ2) is 14.3. The zero-order valence-electron chi connectivity index (χ0n) is 22.7. The first-order valence-electron chi connectivity index (χ1n) is 13.3. The second-order valence-electron chi connectivity index (χ2n) is 10.8. The van der Waals surface area contributed by atoms with E-state index in [1.165, 1.54) is 0 Å². The third-order valence-corrected chi connectivity index (χ3v) is 8.11. The molecule has 7 heteroatoms. The van der Waals surface area contributed by atoms with Gasteiger partial charge in [0.15, 0.2) is 0 Å². The summed E-state index contributed by atoms with van der Waals surface area (Å²) in [6, 6.07) is 27.3. The maximum atomic E-state index is 12.1. The first kappa shape index (κ1) is 32.8. The van der Waals surface area contributed by atoms with Gasteiger partial charge in [-0.1, -0.05) is 84.9 Å². The predicted octanol–water partition coefficient (Wildman–Crippen LogP) is 6.35. The summed E-state index contributed by atoms with van der Waals surface area (Å²) in [6.45, 7) is 6.11. The summed E-state index contributed by atoms with van der Waals surface area (Å²) >= 11 is 0. The Morgan fingerprint density at radius 1 is 0.846 bits per heavy atom. The molecule has 212 valence electrons. The van der Waals surface area contributed by atoms with E-state index in [2.05, 4.69) is 4.90 Å². The maximum absolute atomic E-state index is 12.1. The number of likely N-dealkylation sites (tertiary alicyclic amines) is 1. The number of aliphatic hydroxyl groups is 2. The van der Waals surface area contributed by atoms with Crippen LogP contribution in [0, 0.1) is 5.92 Å². The summed E-state index contributed by atoms with van der Waals surface area (Å²) in [6.07, 6.45) is 2.77. The molecule has 3 aromatic carbocycles. The standard InChI is InChI=1S/C32H39NO4.2ClH/c1-31(2,30(35)36)25-17-15-24(16-18-25)29(34)14-9-21-33-22-19-28(20-23-33)32(37,26-10-5-3-6-11-26)27-12-7-4-8-13-27;;/h3-8,10-13,15-18,28-29,34,37H,9,14,19-23H2,1-2H3,(H,35,36);2*1H/t29-;;/m1../s1. The van der Waals surface area contributed by atoms with Crippen molar-refractivity contribution in [2.24, 2.45) is 5.92 Å². The molecule has 3 aromatic rings. The summed E-state index contributed by atoms with van der Waals surface area (Å²) in [7, 11) is 0. The number of benzene rings is 3. The number of nitrogens with zero attached hydrogens (tertiary/aromatic N) is 1. The average molecular weight is 575 g/mol. The van der Waals surface area contributed by atoms with Crippen LogP contribution in [0.15, 0.2) is 84.9 Å². The number of carboxylic acids is 1. The van der Waals surface area contributed by atoms with Crippen molar-refractivity contribution >= 4 is 30.8 Å². The molecule has 0 amide bonds. The largest absolute Gasteiger partial charge is 0.481 e. The van der Waals surface area contributed by atoms with Gasteiger partial charge in [0.25, 0.3) is 0 Å². The summed E-state index contributed by atoms with van der Waals surface area (Å²) < 4.78 is 0. The van der Waals surface area contributed by atoms with Gasteiger partial charge in [-0.2, -0.15) is 0 Å². The molecule has 4 rings (SSSR count). The molecule has 0 bridgehead atoms. The molecule has 3 N–H and O–H groups in total. The van der Waals surface area contributed by atoms with Crippen molar-refractivity contribution in [1.29, 1.82) is 0 Å². The molecular formula is C32H41Cl2NO4. The fraction of sp³-hybridized carbons (Fsp3) is 0.406. The molecule has 1 heterocycles. The number of hydrogen-bond acceptors (Lipinski definition) is 4. The molecule has 0 aliphatic carbocycles. The number of rotatable bonds is 10. The van der Waals surface area contributed by atoms with Gasteiger partial charge in [-0.3, -0.25) is 4.79 Å². The van der Waals surface area contributed by atoms with Gasteiger partial charge < -0.3 is 20.2 Å². The molecule has 1 aliphatic rings. The Labute approximate surface area is 244 Å². The van der Waals surface area contributed by atoms with Gasteiger partial charge in [0.2, 0.25) is 0 Å². The quantitative estimate of drug-likeness (QED) is 0.263. The SMILES string of the molecule is CC(C)(C(=O)O)c1ccc([C@H](O)CCCN2CCC(C(O)(c3ccccc3)c3ccccc3)CC2)cc1.Cl.Cl. The first-order chi connectivity index (χ1) is 17.7. The highest BCUT2D eigenvalue weighted by Gasteiger charge is 2.41. The number of aliphatic hydroxyl groups excluding tert-OH is 1. The third kappa shape index (κ3) is 7.41. The van der Waals surface area contributed by atoms with Gasteiger partial charge in [0.05, 0.1) is 11.5 Å². The molecule has 5 nitrogen and oxygen atoms in total. The van der Waals surface area contributed by atoms with E-state index < -0.39 is 23.1 Å². The van der Waals surface area contributed by atoms with Crippen molar-refractivity contribution in [3.8, 4) is 0 Å². The zero-order chi connectivity index (χ0) is 26.5. The van der Waals surface area contributed by atoms with Crippen LogP contribution < -0.4 is 0 Å². The van der Waals surface area contributed by atoms with Crippen molar-refractivity contribution in [2.45, 2.75) is 56.7 Å². The lowest BCUT2D eigenvalue weighted by Gasteiger charge is -2.42. The van der Waals surface area contributed by atoms with Crippen LogP contribution in [0.1, 0.15) is 67.9 Å². The highest BCUT2D eigenvalue weighted by Crippen LogP contribution is 2.42. The van der Waals surface area contributed by atoms with Crippen LogP contribution in [0.25, 0.3) is 0 Å². The minimum Gasteiger partial charge on any atom is -0.481 e. The van der Waals surface area contributed by atoms with E-state index in [1.807, 2.05) is 72.8 Å². The van der Waals surface area contributed by atoms with Crippen LogP contribution in [0.5, 0.6) is 0 Å². The molecule has 0 radical (unpaired) electrons. The summed E-state index contributed by atoms with van der Waals surface area (Å²) in [5, 5.41) is 32.2. The van der Waals surface area contributed by atoms with Crippen LogP contribution in [0.3, 0.4) is 0 Å². The lowest BCUT2D eigenvalue weighted by molar-refractivity contribution is -0.142. The molecule has 39 heavy (non-hydrogen) atoms. The Morgan fingerprint density at radius 2 is 1.33 bits per heavy atom. The number of aliphatic carboxylic acids is 1. The molecule has 1 atom stereocenters. The number of carbonyl (C=O) groups is 1. The fourth-order valence-electron chi connectivity index (χ4n) is 5.52. The van der Waals surface area contributed by atoms with Crippen LogP contribution in [0.2, 0.25) is 0 Å². The predicted molar refractivity (Wildman–Crippen MR) is 161 cm³/mol. The average Bonchev–Trinajstić information content (AvgIpc) is 2.94. The Kier molecular flexibility index (Phi) is 12.0. The van der Waals surface area contributed by atoms with Crippen molar-refractivity contribution in [3.05, 3.63) is 107 Å². The van der Waals surface area contributed by atoms with E-state index in [1.54, 1.807) is 26.0 Å². The minimum atomic E-state index is -1.01. The molecule has 1 saturated heterocycles. The summed E-state index contributed by atoms with van der Waals surface area (Å²) in [5.74, 6) is -0.733. The highest BCUT2D eigenvalue weighted by atomic mass is 35.5. The molecule has 1 aliphatic heterocycles. The molecular weight excluding hydrogens is 533 g/mol. The number of halogens is 2. The number of hydrogen-bond donors (Lipinski definition) is 3.